The van der Waals surface area contributed by atoms with Crippen LogP contribution >= 0.6 is 0 Å². The van der Waals surface area contributed by atoms with E-state index in [1.807, 2.05) is 61.5 Å². The second-order valence-corrected chi connectivity index (χ2v) is 13.0. The summed E-state index contributed by atoms with van der Waals surface area (Å²) < 4.78 is 1.54. The lowest BCUT2D eigenvalue weighted by molar-refractivity contribution is 0.102. The topological polar surface area (TPSA) is 88.0 Å². The predicted molar refractivity (Wildman–Crippen MR) is 181 cm³/mol. The van der Waals surface area contributed by atoms with Crippen molar-refractivity contribution in [3.05, 3.63) is 106 Å². The summed E-state index contributed by atoms with van der Waals surface area (Å²) in [4.78, 5) is 30.9. The second kappa shape index (κ2) is 13.6. The zero-order valence-electron chi connectivity index (χ0n) is 26.7. The van der Waals surface area contributed by atoms with Gasteiger partial charge in [-0.15, -0.1) is 0 Å². The van der Waals surface area contributed by atoms with Crippen LogP contribution in [0.1, 0.15) is 79.9 Å². The number of carbonyl (C=O) groups is 1. The number of aryl methyl sites for hydroxylation is 1. The predicted octanol–water partition coefficient (Wildman–Crippen LogP) is 7.51. The van der Waals surface area contributed by atoms with Gasteiger partial charge in [0.05, 0.1) is 5.69 Å². The smallest absolute Gasteiger partial charge is 0.293 e. The van der Waals surface area contributed by atoms with Gasteiger partial charge in [-0.2, -0.15) is 0 Å². The number of amides is 1. The number of hydrogen-bond donors (Lipinski definition) is 3. The van der Waals surface area contributed by atoms with E-state index in [1.165, 1.54) is 47.8 Å². The molecule has 0 aliphatic heterocycles. The van der Waals surface area contributed by atoms with Crippen molar-refractivity contribution in [3.63, 3.8) is 0 Å². The fraction of sp³-hybridized carbons (Fsp3) is 0.378. The Balaban J connectivity index is 1.28. The average molecular weight is 592 g/mol. The minimum absolute atomic E-state index is 0.0192. The van der Waals surface area contributed by atoms with Crippen molar-refractivity contribution < 1.29 is 4.79 Å². The molecule has 1 aliphatic carbocycles. The molecule has 0 radical (unpaired) electrons. The summed E-state index contributed by atoms with van der Waals surface area (Å²) in [5.74, 6) is 0.0826. The molecule has 7 heteroatoms. The highest BCUT2D eigenvalue weighted by molar-refractivity contribution is 6.05. The van der Waals surface area contributed by atoms with E-state index in [1.54, 1.807) is 13.2 Å². The Bertz CT molecular complexity index is 1640. The Morgan fingerprint density at radius 3 is 2.34 bits per heavy atom. The van der Waals surface area contributed by atoms with Gasteiger partial charge in [0.1, 0.15) is 0 Å². The van der Waals surface area contributed by atoms with E-state index >= 15 is 0 Å². The number of aromatic nitrogens is 2. The first-order valence-corrected chi connectivity index (χ1v) is 15.8. The van der Waals surface area contributed by atoms with Crippen molar-refractivity contribution in [1.29, 1.82) is 0 Å². The Morgan fingerprint density at radius 2 is 1.66 bits per heavy atom. The minimum atomic E-state index is -0.213. The molecule has 1 fully saturated rings. The Hall–Kier alpha value is -4.23. The van der Waals surface area contributed by atoms with Crippen LogP contribution in [-0.2, 0) is 18.9 Å². The van der Waals surface area contributed by atoms with E-state index in [9.17, 15) is 9.59 Å². The van der Waals surface area contributed by atoms with Gasteiger partial charge in [0.2, 0.25) is 0 Å². The summed E-state index contributed by atoms with van der Waals surface area (Å²) in [6.07, 6.45) is 9.31. The van der Waals surface area contributed by atoms with E-state index in [0.29, 0.717) is 23.0 Å². The Morgan fingerprint density at radius 1 is 0.955 bits per heavy atom. The molecule has 0 spiro atoms. The molecule has 4 aromatic rings. The van der Waals surface area contributed by atoms with Crippen LogP contribution in [0.25, 0.3) is 11.3 Å². The third-order valence-corrected chi connectivity index (χ3v) is 8.61. The summed E-state index contributed by atoms with van der Waals surface area (Å²) in [5, 5.41) is 9.99. The molecule has 1 heterocycles. The molecule has 44 heavy (non-hydrogen) atoms. The zero-order chi connectivity index (χ0) is 31.3. The van der Waals surface area contributed by atoms with Crippen molar-refractivity contribution in [2.24, 2.45) is 7.05 Å². The SMILES string of the molecule is Cc1c(NC(=O)c2ccc(C(C)(C)C)cc2)cccc1-c1cn(C)c(=O)c(Nc2ccc(CCNC3CCCCC3)cc2)n1. The van der Waals surface area contributed by atoms with Crippen LogP contribution in [-0.4, -0.2) is 28.0 Å². The number of benzene rings is 3. The van der Waals surface area contributed by atoms with Crippen molar-refractivity contribution >= 4 is 23.1 Å². The van der Waals surface area contributed by atoms with Crippen molar-refractivity contribution in [2.75, 3.05) is 17.2 Å². The molecule has 1 saturated carbocycles. The molecule has 0 unspecified atom stereocenters. The normalized spacial score (nSPS) is 13.9. The molecule has 230 valence electrons. The number of anilines is 3. The van der Waals surface area contributed by atoms with E-state index < -0.39 is 0 Å². The molecular weight excluding hydrogens is 546 g/mol. The van der Waals surface area contributed by atoms with Crippen LogP contribution in [0.4, 0.5) is 17.2 Å². The molecule has 0 saturated heterocycles. The molecule has 3 N–H and O–H groups in total. The molecule has 0 bridgehead atoms. The molecule has 1 amide bonds. The fourth-order valence-corrected chi connectivity index (χ4v) is 5.80. The Kier molecular flexibility index (Phi) is 9.64. The number of hydrogen-bond acceptors (Lipinski definition) is 5. The largest absolute Gasteiger partial charge is 0.336 e. The van der Waals surface area contributed by atoms with Gasteiger partial charge in [-0.1, -0.05) is 76.4 Å². The first kappa shape index (κ1) is 31.2. The lowest BCUT2D eigenvalue weighted by atomic mass is 9.86. The summed E-state index contributed by atoms with van der Waals surface area (Å²) in [6.45, 7) is 9.38. The fourth-order valence-electron chi connectivity index (χ4n) is 5.80. The quantitative estimate of drug-likeness (QED) is 0.187. The number of nitrogens with zero attached hydrogens (tertiary/aromatic N) is 2. The molecule has 7 nitrogen and oxygen atoms in total. The van der Waals surface area contributed by atoms with Crippen LogP contribution < -0.4 is 21.5 Å². The maximum atomic E-state index is 13.1. The molecule has 1 aliphatic rings. The van der Waals surface area contributed by atoms with Gasteiger partial charge in [0, 0.05) is 41.8 Å². The van der Waals surface area contributed by atoms with E-state index in [2.05, 4.69) is 48.9 Å². The van der Waals surface area contributed by atoms with Crippen molar-refractivity contribution in [1.82, 2.24) is 14.9 Å². The number of rotatable bonds is 9. The first-order valence-electron chi connectivity index (χ1n) is 15.8. The highest BCUT2D eigenvalue weighted by Crippen LogP contribution is 2.29. The van der Waals surface area contributed by atoms with Gasteiger partial charge in [0.25, 0.3) is 11.5 Å². The lowest BCUT2D eigenvalue weighted by Gasteiger charge is -2.22. The van der Waals surface area contributed by atoms with Gasteiger partial charge < -0.3 is 20.5 Å². The molecule has 3 aromatic carbocycles. The summed E-state index contributed by atoms with van der Waals surface area (Å²) in [7, 11) is 1.73. The maximum absolute atomic E-state index is 13.1. The third-order valence-electron chi connectivity index (χ3n) is 8.61. The van der Waals surface area contributed by atoms with E-state index in [-0.39, 0.29) is 22.7 Å². The molecule has 0 atom stereocenters. The first-order chi connectivity index (χ1) is 21.1. The minimum Gasteiger partial charge on any atom is -0.336 e. The van der Waals surface area contributed by atoms with Crippen LogP contribution in [0.3, 0.4) is 0 Å². The monoisotopic (exact) mass is 591 g/mol. The van der Waals surface area contributed by atoms with Crippen LogP contribution in [0.15, 0.2) is 77.7 Å². The van der Waals surface area contributed by atoms with Crippen LogP contribution in [0.5, 0.6) is 0 Å². The van der Waals surface area contributed by atoms with Gasteiger partial charge >= 0.3 is 0 Å². The molecule has 5 rings (SSSR count). The highest BCUT2D eigenvalue weighted by atomic mass is 16.1. The van der Waals surface area contributed by atoms with Gasteiger partial charge in [0.15, 0.2) is 5.82 Å². The van der Waals surface area contributed by atoms with Crippen LogP contribution in [0, 0.1) is 6.92 Å². The van der Waals surface area contributed by atoms with Crippen LogP contribution in [0.2, 0.25) is 0 Å². The van der Waals surface area contributed by atoms with Gasteiger partial charge in [-0.3, -0.25) is 9.59 Å². The summed E-state index contributed by atoms with van der Waals surface area (Å²) in [5.41, 5.74) is 6.70. The van der Waals surface area contributed by atoms with Crippen molar-refractivity contribution in [2.45, 2.75) is 77.7 Å². The molecule has 1 aromatic heterocycles. The second-order valence-electron chi connectivity index (χ2n) is 13.0. The average Bonchev–Trinajstić information content (AvgIpc) is 3.01. The van der Waals surface area contributed by atoms with E-state index in [0.717, 1.165) is 29.8 Å². The molecular formula is C37H45N5O2. The van der Waals surface area contributed by atoms with Crippen molar-refractivity contribution in [3.8, 4) is 11.3 Å². The standard InChI is InChI=1S/C37H45N5O2/c1-25-31(12-9-13-32(25)41-35(43)27-16-18-28(19-17-27)37(2,3)4)33-24-42(5)36(44)34(40-33)39-30-20-14-26(15-21-30)22-23-38-29-10-7-6-8-11-29/h9,12-21,24,29,38H,6-8,10-11,22-23H2,1-5H3,(H,39,40)(H,41,43). The maximum Gasteiger partial charge on any atom is 0.293 e. The lowest BCUT2D eigenvalue weighted by Crippen LogP contribution is -2.32. The van der Waals surface area contributed by atoms with Gasteiger partial charge in [-0.25, -0.2) is 4.98 Å². The Labute approximate surface area is 261 Å². The van der Waals surface area contributed by atoms with Gasteiger partial charge in [-0.05, 0) is 85.2 Å². The summed E-state index contributed by atoms with van der Waals surface area (Å²) >= 11 is 0. The van der Waals surface area contributed by atoms with E-state index in [4.69, 9.17) is 4.98 Å². The third kappa shape index (κ3) is 7.64. The zero-order valence-corrected chi connectivity index (χ0v) is 26.7. The number of carbonyl (C=O) groups excluding carboxylic acids is 1. The number of nitrogens with one attached hydrogen (secondary N) is 3. The highest BCUT2D eigenvalue weighted by Gasteiger charge is 2.17. The summed E-state index contributed by atoms with van der Waals surface area (Å²) in [6, 6.07) is 22.3.